The zero-order valence-electron chi connectivity index (χ0n) is 18.3. The molecule has 3 heterocycles. The summed E-state index contributed by atoms with van der Waals surface area (Å²) in [5.41, 5.74) is 4.36. The number of carbonyl (C=O) groups excluding carboxylic acids is 2. The zero-order chi connectivity index (χ0) is 23.7. The second kappa shape index (κ2) is 9.03. The zero-order valence-corrected chi connectivity index (χ0v) is 19.1. The molecule has 1 unspecified atom stereocenters. The van der Waals surface area contributed by atoms with Crippen LogP contribution in [0.1, 0.15) is 28.2 Å². The highest BCUT2D eigenvalue weighted by atomic mass is 35.5. The summed E-state index contributed by atoms with van der Waals surface area (Å²) in [5.74, 6) is 0.506. The van der Waals surface area contributed by atoms with Crippen molar-refractivity contribution in [3.05, 3.63) is 88.6 Å². The number of halogens is 1. The SMILES string of the molecule is CN(Cc1ncc[nH]1)C(=O)c1ccc(NC2N=C3C(=CN2)CC(=O)Nc2cc(Cl)ccc23)cc1. The number of nitrogens with one attached hydrogen (secondary N) is 4. The van der Waals surface area contributed by atoms with Crippen molar-refractivity contribution in [3.63, 3.8) is 0 Å². The van der Waals surface area contributed by atoms with E-state index in [1.165, 1.54) is 0 Å². The molecule has 0 spiro atoms. The number of hydrogen-bond acceptors (Lipinski definition) is 6. The van der Waals surface area contributed by atoms with Gasteiger partial charge in [0.05, 0.1) is 24.4 Å². The van der Waals surface area contributed by atoms with Gasteiger partial charge in [0.2, 0.25) is 5.91 Å². The highest BCUT2D eigenvalue weighted by Gasteiger charge is 2.26. The minimum absolute atomic E-state index is 0.0996. The van der Waals surface area contributed by atoms with Gasteiger partial charge < -0.3 is 25.8 Å². The number of amides is 2. The van der Waals surface area contributed by atoms with Gasteiger partial charge in [-0.1, -0.05) is 11.6 Å². The predicted molar refractivity (Wildman–Crippen MR) is 131 cm³/mol. The van der Waals surface area contributed by atoms with E-state index in [0.717, 1.165) is 28.4 Å². The van der Waals surface area contributed by atoms with Crippen LogP contribution in [-0.4, -0.2) is 45.7 Å². The van der Waals surface area contributed by atoms with Crippen LogP contribution in [0.15, 0.2) is 71.6 Å². The van der Waals surface area contributed by atoms with Gasteiger partial charge in [-0.25, -0.2) is 9.98 Å². The topological polar surface area (TPSA) is 115 Å². The first kappa shape index (κ1) is 21.7. The van der Waals surface area contributed by atoms with E-state index in [9.17, 15) is 9.59 Å². The van der Waals surface area contributed by atoms with E-state index in [-0.39, 0.29) is 18.2 Å². The third-order valence-corrected chi connectivity index (χ3v) is 5.80. The number of hydrogen-bond donors (Lipinski definition) is 4. The van der Waals surface area contributed by atoms with Crippen molar-refractivity contribution in [1.82, 2.24) is 20.2 Å². The molecule has 1 atom stereocenters. The molecule has 0 saturated heterocycles. The minimum atomic E-state index is -0.446. The van der Waals surface area contributed by atoms with E-state index in [4.69, 9.17) is 16.6 Å². The molecule has 2 aliphatic rings. The standard InChI is InChI=1S/C24H22ClN7O2/c1-32(13-20-26-8-9-27-20)23(34)14-2-5-17(6-3-14)29-24-28-12-15-10-21(33)30-19-11-16(25)4-7-18(19)22(15)31-24/h2-9,11-12,24,28-29H,10,13H2,1H3,(H,26,27)(H,30,33). The Morgan fingerprint density at radius 3 is 2.82 bits per heavy atom. The summed E-state index contributed by atoms with van der Waals surface area (Å²) in [7, 11) is 1.74. The Morgan fingerprint density at radius 1 is 1.24 bits per heavy atom. The van der Waals surface area contributed by atoms with Crippen molar-refractivity contribution in [1.29, 1.82) is 0 Å². The molecular weight excluding hydrogens is 454 g/mol. The van der Waals surface area contributed by atoms with Gasteiger partial charge in [0.25, 0.3) is 5.91 Å². The van der Waals surface area contributed by atoms with Gasteiger partial charge >= 0.3 is 0 Å². The normalized spacial score (nSPS) is 16.6. The lowest BCUT2D eigenvalue weighted by Crippen LogP contribution is -2.36. The minimum Gasteiger partial charge on any atom is -0.353 e. The third-order valence-electron chi connectivity index (χ3n) is 5.56. The van der Waals surface area contributed by atoms with Crippen LogP contribution in [0, 0.1) is 0 Å². The van der Waals surface area contributed by atoms with E-state index in [0.29, 0.717) is 22.8 Å². The Labute approximate surface area is 200 Å². The van der Waals surface area contributed by atoms with E-state index >= 15 is 0 Å². The monoisotopic (exact) mass is 475 g/mol. The van der Waals surface area contributed by atoms with Gasteiger partial charge in [-0.15, -0.1) is 0 Å². The Balaban J connectivity index is 1.31. The van der Waals surface area contributed by atoms with Crippen molar-refractivity contribution in [2.24, 2.45) is 4.99 Å². The van der Waals surface area contributed by atoms with Gasteiger partial charge in [0, 0.05) is 53.1 Å². The lowest BCUT2D eigenvalue weighted by molar-refractivity contribution is -0.115. The number of rotatable bonds is 5. The Hall–Kier alpha value is -4.11. The first-order valence-electron chi connectivity index (χ1n) is 10.7. The summed E-state index contributed by atoms with van der Waals surface area (Å²) in [4.78, 5) is 38.5. The largest absolute Gasteiger partial charge is 0.353 e. The van der Waals surface area contributed by atoms with Gasteiger partial charge in [-0.05, 0) is 42.5 Å². The first-order valence-corrected chi connectivity index (χ1v) is 11.1. The van der Waals surface area contributed by atoms with Crippen LogP contribution in [0.2, 0.25) is 5.02 Å². The predicted octanol–water partition coefficient (Wildman–Crippen LogP) is 3.35. The van der Waals surface area contributed by atoms with Crippen LogP contribution in [0.3, 0.4) is 0 Å². The molecule has 3 aromatic rings. The number of carbonyl (C=O) groups is 2. The molecule has 1 aromatic heterocycles. The molecule has 4 N–H and O–H groups in total. The highest BCUT2D eigenvalue weighted by molar-refractivity contribution is 6.31. The molecular formula is C24H22ClN7O2. The average Bonchev–Trinajstić information content (AvgIpc) is 3.28. The number of nitrogens with zero attached hydrogens (tertiary/aromatic N) is 3. The van der Waals surface area contributed by atoms with Gasteiger partial charge in [0.1, 0.15) is 5.82 Å². The Kier molecular flexibility index (Phi) is 5.77. The maximum absolute atomic E-state index is 12.7. The molecule has 2 aromatic carbocycles. The maximum atomic E-state index is 12.7. The summed E-state index contributed by atoms with van der Waals surface area (Å²) in [6.07, 6.45) is 4.97. The van der Waals surface area contributed by atoms with Crippen LogP contribution in [0.25, 0.3) is 0 Å². The van der Waals surface area contributed by atoms with Crippen molar-refractivity contribution < 1.29 is 9.59 Å². The molecule has 172 valence electrons. The van der Waals surface area contributed by atoms with Crippen LogP contribution in [0.4, 0.5) is 11.4 Å². The molecule has 0 bridgehead atoms. The van der Waals surface area contributed by atoms with E-state index < -0.39 is 6.29 Å². The fourth-order valence-corrected chi connectivity index (χ4v) is 4.08. The molecule has 2 aliphatic heterocycles. The molecule has 0 radical (unpaired) electrons. The summed E-state index contributed by atoms with van der Waals surface area (Å²) in [6, 6.07) is 12.6. The van der Waals surface area contributed by atoms with E-state index in [2.05, 4.69) is 25.9 Å². The first-order chi connectivity index (χ1) is 16.5. The number of H-pyrrole nitrogens is 1. The smallest absolute Gasteiger partial charge is 0.254 e. The van der Waals surface area contributed by atoms with Crippen LogP contribution < -0.4 is 16.0 Å². The van der Waals surface area contributed by atoms with Crippen LogP contribution in [0.5, 0.6) is 0 Å². The second-order valence-corrected chi connectivity index (χ2v) is 8.49. The van der Waals surface area contributed by atoms with Gasteiger partial charge in [-0.2, -0.15) is 0 Å². The Morgan fingerprint density at radius 2 is 2.06 bits per heavy atom. The summed E-state index contributed by atoms with van der Waals surface area (Å²) < 4.78 is 0. The van der Waals surface area contributed by atoms with Crippen LogP contribution in [-0.2, 0) is 11.3 Å². The molecule has 0 fully saturated rings. The molecule has 5 rings (SSSR count). The van der Waals surface area contributed by atoms with Crippen molar-refractivity contribution >= 4 is 40.5 Å². The highest BCUT2D eigenvalue weighted by Crippen LogP contribution is 2.30. The molecule has 10 heteroatoms. The summed E-state index contributed by atoms with van der Waals surface area (Å²) >= 11 is 6.12. The fraction of sp³-hybridized carbons (Fsp3) is 0.167. The van der Waals surface area contributed by atoms with Gasteiger partial charge in [0.15, 0.2) is 6.29 Å². The number of benzene rings is 2. The lowest BCUT2D eigenvalue weighted by Gasteiger charge is -2.24. The molecule has 0 saturated carbocycles. The number of aromatic amines is 1. The number of imidazole rings is 1. The number of aromatic nitrogens is 2. The van der Waals surface area contributed by atoms with Gasteiger partial charge in [-0.3, -0.25) is 9.59 Å². The molecule has 2 amide bonds. The quantitative estimate of drug-likeness (QED) is 0.452. The number of fused-ring (bicyclic) bond motifs is 3. The number of aliphatic imine (C=N–C) groups is 1. The lowest BCUT2D eigenvalue weighted by atomic mass is 10.00. The summed E-state index contributed by atoms with van der Waals surface area (Å²) in [6.45, 7) is 0.397. The molecule has 34 heavy (non-hydrogen) atoms. The third kappa shape index (κ3) is 4.51. The Bertz CT molecular complexity index is 1300. The second-order valence-electron chi connectivity index (χ2n) is 8.05. The summed E-state index contributed by atoms with van der Waals surface area (Å²) in [5, 5.41) is 9.92. The average molecular weight is 476 g/mol. The molecule has 0 aliphatic carbocycles. The molecule has 9 nitrogen and oxygen atoms in total. The van der Waals surface area contributed by atoms with E-state index in [1.54, 1.807) is 48.6 Å². The fourth-order valence-electron chi connectivity index (χ4n) is 3.91. The van der Waals surface area contributed by atoms with E-state index in [1.807, 2.05) is 24.4 Å². The van der Waals surface area contributed by atoms with Crippen molar-refractivity contribution in [2.75, 3.05) is 17.7 Å². The maximum Gasteiger partial charge on any atom is 0.254 e. The van der Waals surface area contributed by atoms with Crippen LogP contribution >= 0.6 is 11.6 Å². The number of anilines is 2. The van der Waals surface area contributed by atoms with Crippen molar-refractivity contribution in [2.45, 2.75) is 19.3 Å². The van der Waals surface area contributed by atoms with Crippen molar-refractivity contribution in [3.8, 4) is 0 Å².